The summed E-state index contributed by atoms with van der Waals surface area (Å²) in [5, 5.41) is 3.66. The summed E-state index contributed by atoms with van der Waals surface area (Å²) in [6.07, 6.45) is 2.49. The standard InChI is InChI=1S/C17H18N4O3S2/c1-11-10-14(20-19-11)16-6-7-17(25-16)26(22,23)21-13-4-2-12(3-5-13)15-8-9-18-24-15/h2-9,11,14,19-21H,10H2,1H3. The number of benzene rings is 1. The van der Waals surface area contributed by atoms with Gasteiger partial charge in [-0.05, 0) is 49.7 Å². The Morgan fingerprint density at radius 2 is 1.96 bits per heavy atom. The molecule has 0 bridgehead atoms. The summed E-state index contributed by atoms with van der Waals surface area (Å²) in [5.41, 5.74) is 7.67. The molecule has 9 heteroatoms. The average Bonchev–Trinajstić information content (AvgIpc) is 3.36. The molecule has 3 N–H and O–H groups in total. The summed E-state index contributed by atoms with van der Waals surface area (Å²) in [5.74, 6) is 0.634. The minimum Gasteiger partial charge on any atom is -0.356 e. The third-order valence-corrected chi connectivity index (χ3v) is 7.24. The van der Waals surface area contributed by atoms with E-state index in [-0.39, 0.29) is 6.04 Å². The molecule has 0 saturated carbocycles. The van der Waals surface area contributed by atoms with Crippen molar-refractivity contribution in [2.75, 3.05) is 4.72 Å². The van der Waals surface area contributed by atoms with Gasteiger partial charge in [-0.3, -0.25) is 10.1 Å². The zero-order valence-electron chi connectivity index (χ0n) is 14.0. The number of rotatable bonds is 5. The molecule has 0 radical (unpaired) electrons. The lowest BCUT2D eigenvalue weighted by Crippen LogP contribution is -2.28. The highest BCUT2D eigenvalue weighted by Crippen LogP contribution is 2.32. The van der Waals surface area contributed by atoms with Gasteiger partial charge in [0.2, 0.25) is 0 Å². The second-order valence-corrected chi connectivity index (χ2v) is 9.22. The Morgan fingerprint density at radius 3 is 2.62 bits per heavy atom. The fourth-order valence-electron chi connectivity index (χ4n) is 2.84. The molecule has 7 nitrogen and oxygen atoms in total. The quantitative estimate of drug-likeness (QED) is 0.619. The van der Waals surface area contributed by atoms with Crippen LogP contribution in [-0.4, -0.2) is 19.6 Å². The number of hydrogen-bond donors (Lipinski definition) is 3. The number of anilines is 1. The number of thiophene rings is 1. The summed E-state index contributed by atoms with van der Waals surface area (Å²) in [7, 11) is -3.62. The molecule has 1 aliphatic heterocycles. The van der Waals surface area contributed by atoms with Crippen LogP contribution in [0.3, 0.4) is 0 Å². The highest BCUT2D eigenvalue weighted by atomic mass is 32.2. The van der Waals surface area contributed by atoms with Crippen LogP contribution in [0.4, 0.5) is 5.69 Å². The zero-order valence-corrected chi connectivity index (χ0v) is 15.6. The Kier molecular flexibility index (Phi) is 4.53. The molecule has 1 aliphatic rings. The van der Waals surface area contributed by atoms with Gasteiger partial charge >= 0.3 is 0 Å². The van der Waals surface area contributed by atoms with E-state index in [1.807, 2.05) is 6.07 Å². The Labute approximate surface area is 155 Å². The predicted octanol–water partition coefficient (Wildman–Crippen LogP) is 3.13. The number of nitrogens with one attached hydrogen (secondary N) is 3. The summed E-state index contributed by atoms with van der Waals surface area (Å²) in [6.45, 7) is 2.09. The maximum Gasteiger partial charge on any atom is 0.271 e. The topological polar surface area (TPSA) is 96.3 Å². The van der Waals surface area contributed by atoms with Crippen LogP contribution < -0.4 is 15.6 Å². The first-order chi connectivity index (χ1) is 12.5. The monoisotopic (exact) mass is 390 g/mol. The summed E-state index contributed by atoms with van der Waals surface area (Å²) in [4.78, 5) is 1.00. The molecular weight excluding hydrogens is 372 g/mol. The van der Waals surface area contributed by atoms with Gasteiger partial charge in [0, 0.05) is 28.2 Å². The van der Waals surface area contributed by atoms with Gasteiger partial charge in [-0.25, -0.2) is 13.8 Å². The van der Waals surface area contributed by atoms with Gasteiger partial charge in [-0.15, -0.1) is 11.3 Å². The lowest BCUT2D eigenvalue weighted by molar-refractivity contribution is 0.432. The molecule has 26 heavy (non-hydrogen) atoms. The largest absolute Gasteiger partial charge is 0.356 e. The fraction of sp³-hybridized carbons (Fsp3) is 0.235. The maximum absolute atomic E-state index is 12.6. The third kappa shape index (κ3) is 3.51. The van der Waals surface area contributed by atoms with Crippen LogP contribution in [0, 0.1) is 0 Å². The van der Waals surface area contributed by atoms with Crippen LogP contribution in [0.5, 0.6) is 0 Å². The lowest BCUT2D eigenvalue weighted by Gasteiger charge is -2.07. The molecule has 2 atom stereocenters. The fourth-order valence-corrected chi connectivity index (χ4v) is 5.29. The molecule has 0 amide bonds. The van der Waals surface area contributed by atoms with Gasteiger partial charge in [0.05, 0.1) is 12.2 Å². The first kappa shape index (κ1) is 17.2. The van der Waals surface area contributed by atoms with Gasteiger partial charge in [-0.2, -0.15) is 0 Å². The minimum atomic E-state index is -3.62. The van der Waals surface area contributed by atoms with Crippen LogP contribution >= 0.6 is 11.3 Å². The normalized spacial score (nSPS) is 20.3. The lowest BCUT2D eigenvalue weighted by atomic mass is 10.1. The van der Waals surface area contributed by atoms with Crippen LogP contribution in [0.2, 0.25) is 0 Å². The molecule has 3 heterocycles. The second kappa shape index (κ2) is 6.84. The van der Waals surface area contributed by atoms with Gasteiger partial charge in [-0.1, -0.05) is 5.16 Å². The molecule has 3 aromatic rings. The third-order valence-electron chi connectivity index (χ3n) is 4.16. The van der Waals surface area contributed by atoms with E-state index >= 15 is 0 Å². The van der Waals surface area contributed by atoms with E-state index in [0.717, 1.165) is 16.9 Å². The van der Waals surface area contributed by atoms with E-state index in [4.69, 9.17) is 4.52 Å². The molecule has 1 saturated heterocycles. The Bertz CT molecular complexity index is 981. The number of hydrazine groups is 1. The highest BCUT2D eigenvalue weighted by Gasteiger charge is 2.25. The van der Waals surface area contributed by atoms with E-state index < -0.39 is 10.0 Å². The minimum absolute atomic E-state index is 0.139. The van der Waals surface area contributed by atoms with Crippen molar-refractivity contribution in [3.63, 3.8) is 0 Å². The van der Waals surface area contributed by atoms with Crippen LogP contribution in [0.25, 0.3) is 11.3 Å². The number of sulfonamides is 1. The molecule has 1 fully saturated rings. The number of nitrogens with zero attached hydrogens (tertiary/aromatic N) is 1. The molecule has 0 spiro atoms. The summed E-state index contributed by atoms with van der Waals surface area (Å²) < 4.78 is 33.3. The summed E-state index contributed by atoms with van der Waals surface area (Å²) in [6, 6.07) is 12.7. The number of hydrogen-bond acceptors (Lipinski definition) is 7. The smallest absolute Gasteiger partial charge is 0.271 e. The van der Waals surface area contributed by atoms with Crippen molar-refractivity contribution in [1.82, 2.24) is 16.0 Å². The molecular formula is C17H18N4O3S2. The summed E-state index contributed by atoms with van der Waals surface area (Å²) >= 11 is 1.28. The van der Waals surface area contributed by atoms with Gasteiger partial charge in [0.1, 0.15) is 4.21 Å². The van der Waals surface area contributed by atoms with Gasteiger partial charge in [0.25, 0.3) is 10.0 Å². The van der Waals surface area contributed by atoms with Crippen LogP contribution in [0.15, 0.2) is 57.4 Å². The van der Waals surface area contributed by atoms with E-state index in [2.05, 4.69) is 27.7 Å². The Balaban J connectivity index is 1.49. The predicted molar refractivity (Wildman–Crippen MR) is 100 cm³/mol. The van der Waals surface area contributed by atoms with Crippen LogP contribution in [0.1, 0.15) is 24.3 Å². The molecule has 2 aromatic heterocycles. The first-order valence-corrected chi connectivity index (χ1v) is 10.5. The molecule has 4 rings (SSSR count). The molecule has 136 valence electrons. The van der Waals surface area contributed by atoms with E-state index in [9.17, 15) is 8.42 Å². The van der Waals surface area contributed by atoms with Crippen molar-refractivity contribution in [3.05, 3.63) is 53.5 Å². The van der Waals surface area contributed by atoms with Crippen molar-refractivity contribution >= 4 is 27.0 Å². The van der Waals surface area contributed by atoms with Crippen molar-refractivity contribution in [2.24, 2.45) is 0 Å². The molecule has 1 aromatic carbocycles. The molecule has 2 unspecified atom stereocenters. The highest BCUT2D eigenvalue weighted by molar-refractivity contribution is 7.94. The Hall–Kier alpha value is -2.20. The SMILES string of the molecule is CC1CC(c2ccc(S(=O)(=O)Nc3ccc(-c4ccno4)cc3)s2)NN1. The maximum atomic E-state index is 12.6. The van der Waals surface area contributed by atoms with Crippen molar-refractivity contribution < 1.29 is 12.9 Å². The van der Waals surface area contributed by atoms with E-state index in [1.54, 1.807) is 42.6 Å². The van der Waals surface area contributed by atoms with Gasteiger partial charge < -0.3 is 4.52 Å². The van der Waals surface area contributed by atoms with E-state index in [0.29, 0.717) is 21.7 Å². The van der Waals surface area contributed by atoms with Crippen molar-refractivity contribution in [2.45, 2.75) is 29.6 Å². The van der Waals surface area contributed by atoms with Crippen molar-refractivity contribution in [3.8, 4) is 11.3 Å². The Morgan fingerprint density at radius 1 is 1.15 bits per heavy atom. The van der Waals surface area contributed by atoms with Crippen LogP contribution in [-0.2, 0) is 10.0 Å². The van der Waals surface area contributed by atoms with E-state index in [1.165, 1.54) is 11.3 Å². The average molecular weight is 390 g/mol. The van der Waals surface area contributed by atoms with Crippen molar-refractivity contribution in [1.29, 1.82) is 0 Å². The zero-order chi connectivity index (χ0) is 18.1. The first-order valence-electron chi connectivity index (χ1n) is 8.16. The number of aromatic nitrogens is 1. The molecule has 0 aliphatic carbocycles. The van der Waals surface area contributed by atoms with Gasteiger partial charge in [0.15, 0.2) is 5.76 Å². The second-order valence-electron chi connectivity index (χ2n) is 6.19.